The zero-order chi connectivity index (χ0) is 20.5. The molecule has 1 N–H and O–H groups in total. The van der Waals surface area contributed by atoms with E-state index >= 15 is 0 Å². The number of fused-ring (bicyclic) bond motifs is 2. The van der Waals surface area contributed by atoms with E-state index < -0.39 is 0 Å². The van der Waals surface area contributed by atoms with Crippen molar-refractivity contribution in [2.45, 2.75) is 13.1 Å². The van der Waals surface area contributed by atoms with Crippen molar-refractivity contribution < 1.29 is 14.3 Å². The summed E-state index contributed by atoms with van der Waals surface area (Å²) in [7, 11) is 0. The van der Waals surface area contributed by atoms with E-state index in [-0.39, 0.29) is 24.8 Å². The minimum atomic E-state index is -0.273. The number of carbonyl (C=O) groups is 1. The lowest BCUT2D eigenvalue weighted by molar-refractivity contribution is -0.121. The number of nitrogens with zero attached hydrogens (tertiary/aromatic N) is 3. The summed E-state index contributed by atoms with van der Waals surface area (Å²) in [5.41, 5.74) is 2.66. The first-order chi connectivity index (χ1) is 14.7. The van der Waals surface area contributed by atoms with E-state index in [1.54, 1.807) is 18.5 Å². The van der Waals surface area contributed by atoms with Gasteiger partial charge in [-0.15, -0.1) is 0 Å². The van der Waals surface area contributed by atoms with Crippen LogP contribution in [0.4, 0.5) is 0 Å². The Balaban J connectivity index is 1.30. The number of ether oxygens (including phenoxy) is 2. The number of benzene rings is 2. The van der Waals surface area contributed by atoms with Crippen LogP contribution in [-0.4, -0.2) is 26.9 Å². The van der Waals surface area contributed by atoms with Crippen LogP contribution in [0.15, 0.2) is 71.8 Å². The Labute approximate surface area is 171 Å². The molecule has 0 unspecified atom stereocenters. The molecular formula is C22H18N4O4. The largest absolute Gasteiger partial charge is 0.454 e. The van der Waals surface area contributed by atoms with E-state index in [4.69, 9.17) is 9.47 Å². The third kappa shape index (κ3) is 3.39. The molecule has 2 aromatic carbocycles. The minimum absolute atomic E-state index is 0.0776. The minimum Gasteiger partial charge on any atom is -0.454 e. The van der Waals surface area contributed by atoms with E-state index in [2.05, 4.69) is 10.4 Å². The van der Waals surface area contributed by atoms with Gasteiger partial charge in [0.25, 0.3) is 5.56 Å². The number of amides is 1. The molecule has 1 amide bonds. The van der Waals surface area contributed by atoms with Crippen LogP contribution in [0.3, 0.4) is 0 Å². The maximum absolute atomic E-state index is 12.8. The van der Waals surface area contributed by atoms with Gasteiger partial charge in [0.1, 0.15) is 12.1 Å². The van der Waals surface area contributed by atoms with Crippen molar-refractivity contribution in [1.29, 1.82) is 0 Å². The van der Waals surface area contributed by atoms with E-state index in [1.807, 2.05) is 48.5 Å². The van der Waals surface area contributed by atoms with Gasteiger partial charge in [0.2, 0.25) is 12.7 Å². The van der Waals surface area contributed by atoms with Crippen LogP contribution < -0.4 is 20.3 Å². The predicted octanol–water partition coefficient (Wildman–Crippen LogP) is 2.21. The number of hydrogen-bond acceptors (Lipinski definition) is 5. The molecule has 0 radical (unpaired) electrons. The zero-order valence-electron chi connectivity index (χ0n) is 15.9. The van der Waals surface area contributed by atoms with Crippen molar-refractivity contribution >= 4 is 11.4 Å². The van der Waals surface area contributed by atoms with Gasteiger partial charge in [-0.05, 0) is 23.8 Å². The Bertz CT molecular complexity index is 1290. The Morgan fingerprint density at radius 2 is 1.87 bits per heavy atom. The maximum atomic E-state index is 12.8. The van der Waals surface area contributed by atoms with Crippen LogP contribution in [0.2, 0.25) is 0 Å². The Morgan fingerprint density at radius 1 is 1.03 bits per heavy atom. The molecule has 1 aliphatic rings. The van der Waals surface area contributed by atoms with Gasteiger partial charge >= 0.3 is 0 Å². The highest BCUT2D eigenvalue weighted by atomic mass is 16.7. The van der Waals surface area contributed by atoms with Crippen molar-refractivity contribution in [2.24, 2.45) is 0 Å². The van der Waals surface area contributed by atoms with Crippen molar-refractivity contribution in [2.75, 3.05) is 6.79 Å². The van der Waals surface area contributed by atoms with E-state index in [1.165, 1.54) is 9.08 Å². The van der Waals surface area contributed by atoms with Gasteiger partial charge in [0.05, 0.1) is 5.69 Å². The summed E-state index contributed by atoms with van der Waals surface area (Å²) in [5, 5.41) is 7.28. The average molecular weight is 402 g/mol. The number of aromatic nitrogens is 3. The van der Waals surface area contributed by atoms with Crippen LogP contribution >= 0.6 is 0 Å². The summed E-state index contributed by atoms with van der Waals surface area (Å²) in [6, 6.07) is 16.9. The van der Waals surface area contributed by atoms with Gasteiger partial charge in [0.15, 0.2) is 11.5 Å². The molecule has 8 nitrogen and oxygen atoms in total. The van der Waals surface area contributed by atoms with Gasteiger partial charge in [0, 0.05) is 24.5 Å². The molecule has 3 heterocycles. The molecule has 0 aliphatic carbocycles. The summed E-state index contributed by atoms with van der Waals surface area (Å²) in [6.45, 7) is 0.458. The second kappa shape index (κ2) is 7.40. The van der Waals surface area contributed by atoms with Crippen molar-refractivity contribution in [1.82, 2.24) is 19.5 Å². The average Bonchev–Trinajstić information content (AvgIpc) is 3.42. The van der Waals surface area contributed by atoms with Crippen molar-refractivity contribution in [3.05, 3.63) is 82.9 Å². The number of carbonyl (C=O) groups excluding carboxylic acids is 1. The highest BCUT2D eigenvalue weighted by Gasteiger charge is 2.14. The number of rotatable bonds is 5. The smallest absolute Gasteiger partial charge is 0.277 e. The summed E-state index contributed by atoms with van der Waals surface area (Å²) >= 11 is 0. The first kappa shape index (κ1) is 18.0. The number of nitrogens with one attached hydrogen (secondary N) is 1. The number of hydrogen-bond donors (Lipinski definition) is 1. The standard InChI is InChI=1S/C22H18N4O4/c27-21(23-12-15-6-7-19-20(10-15)30-14-29-19)13-25-8-9-26-18(22(25)28)11-17(24-26)16-4-2-1-3-5-16/h1-11H,12-14H2,(H,23,27). The van der Waals surface area contributed by atoms with Crippen molar-refractivity contribution in [3.8, 4) is 22.8 Å². The zero-order valence-corrected chi connectivity index (χ0v) is 15.9. The van der Waals surface area contributed by atoms with Crippen LogP contribution in [0.1, 0.15) is 5.56 Å². The molecule has 0 fully saturated rings. The lowest BCUT2D eigenvalue weighted by Crippen LogP contribution is -2.32. The molecule has 150 valence electrons. The summed E-state index contributed by atoms with van der Waals surface area (Å²) in [6.07, 6.45) is 3.24. The lowest BCUT2D eigenvalue weighted by Gasteiger charge is -2.08. The van der Waals surface area contributed by atoms with Crippen LogP contribution in [0, 0.1) is 0 Å². The molecule has 0 bridgehead atoms. The molecule has 0 saturated heterocycles. The van der Waals surface area contributed by atoms with Crippen LogP contribution in [0.25, 0.3) is 16.8 Å². The molecule has 4 aromatic rings. The predicted molar refractivity (Wildman–Crippen MR) is 109 cm³/mol. The van der Waals surface area contributed by atoms with Crippen LogP contribution in [0.5, 0.6) is 11.5 Å². The molecule has 0 atom stereocenters. The Kier molecular flexibility index (Phi) is 4.44. The van der Waals surface area contributed by atoms with Crippen LogP contribution in [-0.2, 0) is 17.9 Å². The van der Waals surface area contributed by atoms with E-state index in [0.717, 1.165) is 11.1 Å². The third-order valence-corrected chi connectivity index (χ3v) is 4.91. The monoisotopic (exact) mass is 402 g/mol. The molecular weight excluding hydrogens is 384 g/mol. The highest BCUT2D eigenvalue weighted by molar-refractivity contribution is 5.76. The second-order valence-electron chi connectivity index (χ2n) is 6.92. The fraction of sp³-hybridized carbons (Fsp3) is 0.136. The normalized spacial score (nSPS) is 12.3. The Morgan fingerprint density at radius 3 is 2.73 bits per heavy atom. The van der Waals surface area contributed by atoms with E-state index in [9.17, 15) is 9.59 Å². The lowest BCUT2D eigenvalue weighted by atomic mass is 10.1. The quantitative estimate of drug-likeness (QED) is 0.553. The van der Waals surface area contributed by atoms with E-state index in [0.29, 0.717) is 29.3 Å². The summed E-state index contributed by atoms with van der Waals surface area (Å²) in [5.74, 6) is 1.10. The third-order valence-electron chi connectivity index (χ3n) is 4.91. The fourth-order valence-electron chi connectivity index (χ4n) is 3.36. The van der Waals surface area contributed by atoms with Gasteiger partial charge < -0.3 is 19.4 Å². The summed E-state index contributed by atoms with van der Waals surface area (Å²) < 4.78 is 13.5. The molecule has 1 aliphatic heterocycles. The molecule has 0 spiro atoms. The molecule has 8 heteroatoms. The molecule has 2 aromatic heterocycles. The fourth-order valence-corrected chi connectivity index (χ4v) is 3.36. The van der Waals surface area contributed by atoms with Crippen molar-refractivity contribution in [3.63, 3.8) is 0 Å². The molecule has 5 rings (SSSR count). The Hall–Kier alpha value is -4.07. The SMILES string of the molecule is O=C(Cn1ccn2nc(-c3ccccc3)cc2c1=O)NCc1ccc2c(c1)OCO2. The van der Waals surface area contributed by atoms with Gasteiger partial charge in [-0.2, -0.15) is 5.10 Å². The highest BCUT2D eigenvalue weighted by Crippen LogP contribution is 2.32. The van der Waals surface area contributed by atoms with Gasteiger partial charge in [-0.25, -0.2) is 4.52 Å². The topological polar surface area (TPSA) is 86.9 Å². The first-order valence-corrected chi connectivity index (χ1v) is 9.47. The molecule has 0 saturated carbocycles. The summed E-state index contributed by atoms with van der Waals surface area (Å²) in [4.78, 5) is 25.2. The van der Waals surface area contributed by atoms with Gasteiger partial charge in [-0.1, -0.05) is 36.4 Å². The van der Waals surface area contributed by atoms with Gasteiger partial charge in [-0.3, -0.25) is 9.59 Å². The maximum Gasteiger partial charge on any atom is 0.277 e. The molecule has 30 heavy (non-hydrogen) atoms. The first-order valence-electron chi connectivity index (χ1n) is 9.47. The second-order valence-corrected chi connectivity index (χ2v) is 6.92.